The number of alkyl halides is 1. The van der Waals surface area contributed by atoms with Gasteiger partial charge in [0.15, 0.2) is 5.65 Å². The summed E-state index contributed by atoms with van der Waals surface area (Å²) in [6.45, 7) is 12.2. The number of nitrogens with zero attached hydrogens (tertiary/aromatic N) is 6. The quantitative estimate of drug-likeness (QED) is 0.234. The zero-order valence-electron chi connectivity index (χ0n) is 25.3. The van der Waals surface area contributed by atoms with E-state index in [0.717, 1.165) is 47.2 Å². The molecular weight excluding hydrogens is 556 g/mol. The third-order valence-electron chi connectivity index (χ3n) is 7.08. The molecule has 0 unspecified atom stereocenters. The molecule has 4 heterocycles. The number of H-pyrrole nitrogens is 1. The fourth-order valence-corrected chi connectivity index (χ4v) is 4.59. The lowest BCUT2D eigenvalue weighted by molar-refractivity contribution is 0.0951. The molecule has 12 heteroatoms. The Hall–Kier alpha value is -3.86. The molecule has 6 rings (SSSR count). The van der Waals surface area contributed by atoms with E-state index in [9.17, 15) is 14.4 Å². The highest BCUT2D eigenvalue weighted by Gasteiger charge is 2.29. The van der Waals surface area contributed by atoms with Gasteiger partial charge in [0, 0.05) is 44.5 Å². The number of nitrogens with one attached hydrogen (secondary N) is 2. The maximum atomic E-state index is 13.5. The normalized spacial score (nSPS) is 14.2. The van der Waals surface area contributed by atoms with Crippen molar-refractivity contribution in [3.8, 4) is 11.4 Å². The van der Waals surface area contributed by atoms with Gasteiger partial charge in [-0.15, -0.1) is 11.6 Å². The number of hydrogen-bond acceptors (Lipinski definition) is 5. The first-order valence-corrected chi connectivity index (χ1v) is 15.0. The summed E-state index contributed by atoms with van der Waals surface area (Å²) in [5.41, 5.74) is 4.06. The predicted molar refractivity (Wildman–Crippen MR) is 166 cm³/mol. The zero-order chi connectivity index (χ0) is 30.7. The van der Waals surface area contributed by atoms with E-state index in [0.29, 0.717) is 52.9 Å². The molecule has 2 aliphatic rings. The molecule has 0 saturated heterocycles. The lowest BCUT2D eigenvalue weighted by Crippen LogP contribution is -2.38. The molecule has 42 heavy (non-hydrogen) atoms. The van der Waals surface area contributed by atoms with Crippen LogP contribution >= 0.6 is 11.6 Å². The number of carbonyl (C=O) groups is 1. The van der Waals surface area contributed by atoms with Crippen LogP contribution in [0, 0.1) is 12.8 Å². The second-order valence-corrected chi connectivity index (χ2v) is 11.3. The third-order valence-corrected chi connectivity index (χ3v) is 7.54. The van der Waals surface area contributed by atoms with E-state index in [2.05, 4.69) is 22.1 Å². The van der Waals surface area contributed by atoms with Gasteiger partial charge in [0.05, 0.1) is 23.5 Å². The molecule has 0 aliphatic heterocycles. The number of amides is 1. The van der Waals surface area contributed by atoms with Crippen molar-refractivity contribution in [3.63, 3.8) is 0 Å². The highest BCUT2D eigenvalue weighted by atomic mass is 35.5. The number of fused-ring (bicyclic) bond motifs is 1. The molecule has 226 valence electrons. The van der Waals surface area contributed by atoms with Crippen LogP contribution in [0.15, 0.2) is 40.1 Å². The van der Waals surface area contributed by atoms with E-state index in [4.69, 9.17) is 16.7 Å². The van der Waals surface area contributed by atoms with Gasteiger partial charge in [0.2, 0.25) is 0 Å². The maximum Gasteiger partial charge on any atom is 0.332 e. The summed E-state index contributed by atoms with van der Waals surface area (Å²) < 4.78 is 6.33. The molecule has 2 aliphatic carbocycles. The maximum absolute atomic E-state index is 13.5. The Labute approximate surface area is 250 Å². The zero-order valence-corrected chi connectivity index (χ0v) is 26.1. The van der Waals surface area contributed by atoms with Gasteiger partial charge in [-0.2, -0.15) is 10.2 Å². The average molecular weight is 597 g/mol. The summed E-state index contributed by atoms with van der Waals surface area (Å²) in [5, 5.41) is 15.5. The standard InChI is InChI=1S/C24H28N8O3.C4H7Cl.C2H6/c1-13-8-17(27-26-13)12-32-20(18-9-15(11-29(18)2)22(33)25-16-6-7-16)19-21(28-32)31(10-14-4-5-14)24(35)30(3)23(19)34;1-4(2)3-5;1-2/h8-9,11,14,16H,4-7,10,12H2,1-3H3,(H,25,33)(H,26,27);1,3H2,2H3;1-2H3. The second kappa shape index (κ2) is 13.0. The Bertz CT molecular complexity index is 1710. The SMILES string of the molecule is C=C(C)CCl.CC.Cc1cc(Cn2nc3c(c2-c2cc(C(=O)NC4CC4)cn2C)c(=O)n(C)c(=O)n3CC2CC2)n[nH]1. The van der Waals surface area contributed by atoms with E-state index in [1.807, 2.05) is 45.4 Å². The molecule has 1 amide bonds. The molecule has 0 atom stereocenters. The summed E-state index contributed by atoms with van der Waals surface area (Å²) in [6.07, 6.45) is 5.89. The van der Waals surface area contributed by atoms with Gasteiger partial charge in [0.25, 0.3) is 11.5 Å². The molecule has 11 nitrogen and oxygen atoms in total. The van der Waals surface area contributed by atoms with Crippen LogP contribution in [0.1, 0.15) is 68.2 Å². The molecule has 0 bridgehead atoms. The summed E-state index contributed by atoms with van der Waals surface area (Å²) in [7, 11) is 3.35. The lowest BCUT2D eigenvalue weighted by Gasteiger charge is -2.09. The van der Waals surface area contributed by atoms with Gasteiger partial charge < -0.3 is 9.88 Å². The molecule has 0 radical (unpaired) electrons. The first-order chi connectivity index (χ1) is 20.1. The van der Waals surface area contributed by atoms with Crippen LogP contribution < -0.4 is 16.6 Å². The molecule has 4 aromatic rings. The number of aromatic nitrogens is 7. The molecule has 0 spiro atoms. The van der Waals surface area contributed by atoms with Crippen LogP contribution in [0.5, 0.6) is 0 Å². The minimum Gasteiger partial charge on any atom is -0.349 e. The third kappa shape index (κ3) is 6.78. The highest BCUT2D eigenvalue weighted by molar-refractivity contribution is 6.19. The molecule has 2 N–H and O–H groups in total. The number of halogens is 1. The Morgan fingerprint density at radius 1 is 1.17 bits per heavy atom. The molecular formula is C30H41ClN8O3. The van der Waals surface area contributed by atoms with Crippen LogP contribution in [0.2, 0.25) is 0 Å². The van der Waals surface area contributed by atoms with Crippen molar-refractivity contribution < 1.29 is 4.79 Å². The fraction of sp³-hybridized carbons (Fsp3) is 0.500. The van der Waals surface area contributed by atoms with Crippen molar-refractivity contribution in [2.75, 3.05) is 5.88 Å². The minimum atomic E-state index is -0.401. The van der Waals surface area contributed by atoms with E-state index in [1.165, 1.54) is 7.05 Å². The van der Waals surface area contributed by atoms with Crippen LogP contribution in [-0.2, 0) is 27.2 Å². The van der Waals surface area contributed by atoms with E-state index in [1.54, 1.807) is 21.5 Å². The van der Waals surface area contributed by atoms with Gasteiger partial charge in [-0.05, 0) is 57.6 Å². The van der Waals surface area contributed by atoms with Crippen molar-refractivity contribution in [3.05, 3.63) is 68.3 Å². The van der Waals surface area contributed by atoms with E-state index < -0.39 is 5.56 Å². The summed E-state index contributed by atoms with van der Waals surface area (Å²) in [5.74, 6) is 0.870. The number of rotatable bonds is 8. The molecule has 2 saturated carbocycles. The van der Waals surface area contributed by atoms with Crippen LogP contribution in [-0.4, -0.2) is 51.5 Å². The number of carbonyl (C=O) groups excluding carboxylic acids is 1. The number of aryl methyl sites for hydroxylation is 2. The van der Waals surface area contributed by atoms with E-state index in [-0.39, 0.29) is 17.6 Å². The number of hydrogen-bond donors (Lipinski definition) is 2. The monoisotopic (exact) mass is 596 g/mol. The van der Waals surface area contributed by atoms with Crippen molar-refractivity contribution in [2.24, 2.45) is 20.0 Å². The van der Waals surface area contributed by atoms with Crippen molar-refractivity contribution in [2.45, 2.75) is 72.5 Å². The van der Waals surface area contributed by atoms with Crippen molar-refractivity contribution in [1.82, 2.24) is 39.0 Å². The average Bonchev–Trinajstić information content (AvgIpc) is 3.86. The smallest absolute Gasteiger partial charge is 0.332 e. The topological polar surface area (TPSA) is 125 Å². The first-order valence-electron chi connectivity index (χ1n) is 14.5. The Kier molecular flexibility index (Phi) is 9.60. The van der Waals surface area contributed by atoms with Crippen LogP contribution in [0.25, 0.3) is 22.4 Å². The predicted octanol–water partition coefficient (Wildman–Crippen LogP) is 4.11. The van der Waals surface area contributed by atoms with Gasteiger partial charge in [-0.3, -0.25) is 28.5 Å². The van der Waals surface area contributed by atoms with Crippen molar-refractivity contribution >= 4 is 28.5 Å². The molecule has 0 aromatic carbocycles. The summed E-state index contributed by atoms with van der Waals surface area (Å²) in [6, 6.07) is 3.95. The van der Waals surface area contributed by atoms with E-state index >= 15 is 0 Å². The summed E-state index contributed by atoms with van der Waals surface area (Å²) in [4.78, 5) is 39.3. The van der Waals surface area contributed by atoms with Gasteiger partial charge in [0.1, 0.15) is 11.1 Å². The lowest BCUT2D eigenvalue weighted by atomic mass is 10.2. The Balaban J connectivity index is 0.000000526. The largest absolute Gasteiger partial charge is 0.349 e. The highest BCUT2D eigenvalue weighted by Crippen LogP contribution is 2.33. The Morgan fingerprint density at radius 3 is 2.38 bits per heavy atom. The fourth-order valence-electron chi connectivity index (χ4n) is 4.59. The van der Waals surface area contributed by atoms with Crippen LogP contribution in [0.4, 0.5) is 0 Å². The number of allylic oxidation sites excluding steroid dienone is 1. The minimum absolute atomic E-state index is 0.133. The summed E-state index contributed by atoms with van der Waals surface area (Å²) >= 11 is 5.24. The second-order valence-electron chi connectivity index (χ2n) is 11.0. The van der Waals surface area contributed by atoms with Crippen molar-refractivity contribution in [1.29, 1.82) is 0 Å². The molecule has 2 fully saturated rings. The number of aromatic amines is 1. The van der Waals surface area contributed by atoms with Gasteiger partial charge in [-0.1, -0.05) is 26.0 Å². The first kappa shape index (κ1) is 31.1. The molecule has 4 aromatic heterocycles. The van der Waals surface area contributed by atoms with Gasteiger partial charge in [-0.25, -0.2) is 4.79 Å². The van der Waals surface area contributed by atoms with Gasteiger partial charge >= 0.3 is 5.69 Å². The Morgan fingerprint density at radius 2 is 1.83 bits per heavy atom. The van der Waals surface area contributed by atoms with Crippen LogP contribution in [0.3, 0.4) is 0 Å².